The van der Waals surface area contributed by atoms with Crippen LogP contribution in [0.4, 0.5) is 17.2 Å². The van der Waals surface area contributed by atoms with Crippen LogP contribution in [0.15, 0.2) is 53.4 Å². The van der Waals surface area contributed by atoms with Crippen molar-refractivity contribution in [1.29, 1.82) is 0 Å². The monoisotopic (exact) mass is 344 g/mol. The molecule has 0 radical (unpaired) electrons. The van der Waals surface area contributed by atoms with E-state index in [1.54, 1.807) is 12.4 Å². The van der Waals surface area contributed by atoms with Crippen LogP contribution in [0.5, 0.6) is 0 Å². The number of aromatic nitrogens is 2. The zero-order chi connectivity index (χ0) is 14.8. The Morgan fingerprint density at radius 1 is 1.24 bits per heavy atom. The Morgan fingerprint density at radius 2 is 2.10 bits per heavy atom. The van der Waals surface area contributed by atoms with Gasteiger partial charge in [0.05, 0.1) is 4.92 Å². The third kappa shape index (κ3) is 2.68. The smallest absolute Gasteiger partial charge is 0.312 e. The van der Waals surface area contributed by atoms with E-state index >= 15 is 0 Å². The summed E-state index contributed by atoms with van der Waals surface area (Å²) in [6.07, 6.45) is 4.93. The standard InChI is InChI=1S/C14H9BrN4O2/c15-10-6-13(19(20)21)14(17-8-10)18-12-3-1-2-9-7-16-5-4-11(9)12/h1-8H,(H,17,18). The topological polar surface area (TPSA) is 81.0 Å². The minimum atomic E-state index is -0.465. The highest BCUT2D eigenvalue weighted by atomic mass is 79.9. The van der Waals surface area contributed by atoms with Crippen molar-refractivity contribution in [2.45, 2.75) is 0 Å². The van der Waals surface area contributed by atoms with Gasteiger partial charge in [0.1, 0.15) is 0 Å². The number of nitro groups is 1. The molecule has 21 heavy (non-hydrogen) atoms. The molecule has 1 aromatic carbocycles. The van der Waals surface area contributed by atoms with Crippen molar-refractivity contribution < 1.29 is 4.92 Å². The van der Waals surface area contributed by atoms with Crippen molar-refractivity contribution in [2.75, 3.05) is 5.32 Å². The van der Waals surface area contributed by atoms with E-state index < -0.39 is 4.92 Å². The SMILES string of the molecule is O=[N+]([O-])c1cc(Br)cnc1Nc1cccc2cnccc12. The fourth-order valence-corrected chi connectivity index (χ4v) is 2.34. The van der Waals surface area contributed by atoms with Gasteiger partial charge in [0.15, 0.2) is 0 Å². The number of hydrogen-bond donors (Lipinski definition) is 1. The first-order valence-electron chi connectivity index (χ1n) is 6.05. The Kier molecular flexibility index (Phi) is 3.49. The van der Waals surface area contributed by atoms with Crippen molar-refractivity contribution in [3.8, 4) is 0 Å². The zero-order valence-electron chi connectivity index (χ0n) is 10.7. The van der Waals surface area contributed by atoms with Crippen molar-refractivity contribution in [3.05, 3.63) is 63.5 Å². The Morgan fingerprint density at radius 3 is 2.90 bits per heavy atom. The predicted molar refractivity (Wildman–Crippen MR) is 83.6 cm³/mol. The zero-order valence-corrected chi connectivity index (χ0v) is 12.2. The van der Waals surface area contributed by atoms with Crippen molar-refractivity contribution in [2.24, 2.45) is 0 Å². The molecule has 0 saturated heterocycles. The molecule has 1 N–H and O–H groups in total. The van der Waals surface area contributed by atoms with Crippen molar-refractivity contribution in [1.82, 2.24) is 9.97 Å². The average Bonchev–Trinajstić information content (AvgIpc) is 2.49. The van der Waals surface area contributed by atoms with Crippen LogP contribution >= 0.6 is 15.9 Å². The van der Waals surface area contributed by atoms with Crippen LogP contribution in [0.1, 0.15) is 0 Å². The number of anilines is 2. The number of rotatable bonds is 3. The van der Waals surface area contributed by atoms with Crippen LogP contribution in [0, 0.1) is 10.1 Å². The molecular weight excluding hydrogens is 336 g/mol. The second kappa shape index (κ2) is 5.45. The van der Waals surface area contributed by atoms with Crippen LogP contribution in [0.2, 0.25) is 0 Å². The van der Waals surface area contributed by atoms with E-state index in [0.29, 0.717) is 4.47 Å². The highest BCUT2D eigenvalue weighted by Crippen LogP contribution is 2.31. The fourth-order valence-electron chi connectivity index (χ4n) is 2.02. The van der Waals surface area contributed by atoms with Gasteiger partial charge in [-0.15, -0.1) is 0 Å². The van der Waals surface area contributed by atoms with Crippen LogP contribution < -0.4 is 5.32 Å². The second-order valence-electron chi connectivity index (χ2n) is 4.31. The molecule has 0 spiro atoms. The minimum Gasteiger partial charge on any atom is -0.334 e. The molecule has 0 aliphatic heterocycles. The second-order valence-corrected chi connectivity index (χ2v) is 5.22. The molecule has 0 amide bonds. The molecule has 104 valence electrons. The average molecular weight is 345 g/mol. The van der Waals surface area contributed by atoms with E-state index in [2.05, 4.69) is 31.2 Å². The lowest BCUT2D eigenvalue weighted by Crippen LogP contribution is -2.00. The Balaban J connectivity index is 2.09. The van der Waals surface area contributed by atoms with Gasteiger partial charge in [-0.3, -0.25) is 15.1 Å². The van der Waals surface area contributed by atoms with Gasteiger partial charge in [0.25, 0.3) is 0 Å². The quantitative estimate of drug-likeness (QED) is 0.572. The lowest BCUT2D eigenvalue weighted by atomic mass is 10.1. The number of fused-ring (bicyclic) bond motifs is 1. The number of hydrogen-bond acceptors (Lipinski definition) is 5. The predicted octanol–water partition coefficient (Wildman–Crippen LogP) is 4.04. The molecule has 7 heteroatoms. The first-order chi connectivity index (χ1) is 10.1. The van der Waals surface area contributed by atoms with Gasteiger partial charge in [0.2, 0.25) is 5.82 Å². The Hall–Kier alpha value is -2.54. The lowest BCUT2D eigenvalue weighted by molar-refractivity contribution is -0.384. The highest BCUT2D eigenvalue weighted by Gasteiger charge is 2.16. The number of benzene rings is 1. The summed E-state index contributed by atoms with van der Waals surface area (Å²) in [4.78, 5) is 18.8. The fraction of sp³-hybridized carbons (Fsp3) is 0. The van der Waals surface area contributed by atoms with Crippen LogP contribution in [0.3, 0.4) is 0 Å². The molecule has 0 unspecified atom stereocenters. The van der Waals surface area contributed by atoms with Gasteiger partial charge in [-0.05, 0) is 28.1 Å². The molecule has 3 aromatic rings. The summed E-state index contributed by atoms with van der Waals surface area (Å²) in [6, 6.07) is 8.90. The molecule has 2 aromatic heterocycles. The first-order valence-corrected chi connectivity index (χ1v) is 6.84. The number of halogens is 1. The molecule has 0 fully saturated rings. The first kappa shape index (κ1) is 13.4. The molecule has 0 bridgehead atoms. The normalized spacial score (nSPS) is 10.5. The number of nitrogens with one attached hydrogen (secondary N) is 1. The largest absolute Gasteiger partial charge is 0.334 e. The lowest BCUT2D eigenvalue weighted by Gasteiger charge is -2.09. The summed E-state index contributed by atoms with van der Waals surface area (Å²) in [5, 5.41) is 16.0. The van der Waals surface area contributed by atoms with Gasteiger partial charge in [0, 0.05) is 45.6 Å². The third-order valence-electron chi connectivity index (χ3n) is 2.96. The summed E-state index contributed by atoms with van der Waals surface area (Å²) in [6.45, 7) is 0. The van der Waals surface area contributed by atoms with Gasteiger partial charge in [-0.1, -0.05) is 12.1 Å². The minimum absolute atomic E-state index is 0.0876. The van der Waals surface area contributed by atoms with E-state index in [9.17, 15) is 10.1 Å². The van der Waals surface area contributed by atoms with E-state index in [1.165, 1.54) is 12.3 Å². The van der Waals surface area contributed by atoms with Crippen molar-refractivity contribution >= 4 is 43.9 Å². The molecule has 3 rings (SSSR count). The molecule has 2 heterocycles. The van der Waals surface area contributed by atoms with Crippen LogP contribution in [-0.4, -0.2) is 14.9 Å². The van der Waals surface area contributed by atoms with Gasteiger partial charge >= 0.3 is 5.69 Å². The number of nitrogens with zero attached hydrogens (tertiary/aromatic N) is 3. The van der Waals surface area contributed by atoms with E-state index in [-0.39, 0.29) is 11.5 Å². The summed E-state index contributed by atoms with van der Waals surface area (Å²) in [7, 11) is 0. The van der Waals surface area contributed by atoms with E-state index in [1.807, 2.05) is 24.3 Å². The van der Waals surface area contributed by atoms with Gasteiger partial charge in [-0.25, -0.2) is 4.98 Å². The molecule has 6 nitrogen and oxygen atoms in total. The van der Waals surface area contributed by atoms with Gasteiger partial charge in [-0.2, -0.15) is 0 Å². The molecule has 0 aliphatic carbocycles. The molecular formula is C14H9BrN4O2. The van der Waals surface area contributed by atoms with E-state index in [0.717, 1.165) is 16.5 Å². The van der Waals surface area contributed by atoms with Crippen molar-refractivity contribution in [3.63, 3.8) is 0 Å². The summed E-state index contributed by atoms with van der Waals surface area (Å²) >= 11 is 3.19. The molecule has 0 aliphatic rings. The maximum Gasteiger partial charge on any atom is 0.312 e. The molecule has 0 saturated carbocycles. The number of pyridine rings is 2. The maximum atomic E-state index is 11.1. The Bertz CT molecular complexity index is 833. The Labute approximate surface area is 128 Å². The third-order valence-corrected chi connectivity index (χ3v) is 3.40. The molecule has 0 atom stereocenters. The highest BCUT2D eigenvalue weighted by molar-refractivity contribution is 9.10. The maximum absolute atomic E-state index is 11.1. The van der Waals surface area contributed by atoms with Crippen LogP contribution in [-0.2, 0) is 0 Å². The summed E-state index contributed by atoms with van der Waals surface area (Å²) in [5.41, 5.74) is 0.656. The van der Waals surface area contributed by atoms with E-state index in [4.69, 9.17) is 0 Å². The summed E-state index contributed by atoms with van der Waals surface area (Å²) < 4.78 is 0.557. The van der Waals surface area contributed by atoms with Crippen LogP contribution in [0.25, 0.3) is 10.8 Å². The summed E-state index contributed by atoms with van der Waals surface area (Å²) in [5.74, 6) is 0.201. The van der Waals surface area contributed by atoms with Gasteiger partial charge < -0.3 is 5.32 Å².